The highest BCUT2D eigenvalue weighted by molar-refractivity contribution is 5.68. The molecule has 0 bridgehead atoms. The van der Waals surface area contributed by atoms with Crippen molar-refractivity contribution in [3.05, 3.63) is 30.3 Å². The molecule has 4 heteroatoms. The number of para-hydroxylation sites is 1. The zero-order valence-corrected chi connectivity index (χ0v) is 11.8. The van der Waals surface area contributed by atoms with Crippen molar-refractivity contribution < 1.29 is 14.3 Å². The first-order valence-electron chi connectivity index (χ1n) is 6.64. The zero-order valence-electron chi connectivity index (χ0n) is 11.8. The summed E-state index contributed by atoms with van der Waals surface area (Å²) in [5.41, 5.74) is -0.449. The molecule has 1 amide bonds. The Morgan fingerprint density at radius 1 is 1.26 bits per heavy atom. The van der Waals surface area contributed by atoms with Gasteiger partial charge in [-0.2, -0.15) is 0 Å². The molecule has 19 heavy (non-hydrogen) atoms. The number of hydrogen-bond acceptors (Lipinski definition) is 3. The van der Waals surface area contributed by atoms with Crippen LogP contribution in [0.3, 0.4) is 0 Å². The molecule has 1 aromatic carbocycles. The predicted molar refractivity (Wildman–Crippen MR) is 73.3 cm³/mol. The Morgan fingerprint density at radius 3 is 2.58 bits per heavy atom. The van der Waals surface area contributed by atoms with Crippen molar-refractivity contribution in [3.8, 4) is 5.75 Å². The van der Waals surface area contributed by atoms with Crippen LogP contribution in [0, 0.1) is 0 Å². The Labute approximate surface area is 114 Å². The van der Waals surface area contributed by atoms with Crippen LogP contribution in [0.1, 0.15) is 27.2 Å². The van der Waals surface area contributed by atoms with Gasteiger partial charge in [0.15, 0.2) is 0 Å². The van der Waals surface area contributed by atoms with Crippen LogP contribution in [0.4, 0.5) is 4.79 Å². The highest BCUT2D eigenvalue weighted by Crippen LogP contribution is 2.20. The third-order valence-corrected chi connectivity index (χ3v) is 2.84. The smallest absolute Gasteiger partial charge is 0.410 e. The van der Waals surface area contributed by atoms with Crippen molar-refractivity contribution in [2.24, 2.45) is 0 Å². The fraction of sp³-hybridized carbons (Fsp3) is 0.533. The molecular weight excluding hydrogens is 242 g/mol. The fourth-order valence-corrected chi connectivity index (χ4v) is 2.01. The Kier molecular flexibility index (Phi) is 3.98. The first kappa shape index (κ1) is 13.7. The lowest BCUT2D eigenvalue weighted by atomic mass is 10.2. The molecule has 0 aromatic heterocycles. The molecule has 0 aliphatic carbocycles. The molecule has 1 fully saturated rings. The molecule has 0 spiro atoms. The Morgan fingerprint density at radius 2 is 1.95 bits per heavy atom. The lowest BCUT2D eigenvalue weighted by molar-refractivity contribution is 0.0275. The Balaban J connectivity index is 1.85. The largest absolute Gasteiger partial charge is 0.489 e. The number of ether oxygens (including phenoxy) is 2. The molecule has 0 radical (unpaired) electrons. The van der Waals surface area contributed by atoms with Crippen molar-refractivity contribution in [2.45, 2.75) is 38.9 Å². The fourth-order valence-electron chi connectivity index (χ4n) is 2.01. The zero-order chi connectivity index (χ0) is 13.9. The van der Waals surface area contributed by atoms with E-state index in [9.17, 15) is 4.79 Å². The van der Waals surface area contributed by atoms with Gasteiger partial charge in [0.05, 0.1) is 6.54 Å². The summed E-state index contributed by atoms with van der Waals surface area (Å²) in [5, 5.41) is 0. The molecule has 1 aromatic rings. The Hall–Kier alpha value is -1.71. The maximum absolute atomic E-state index is 11.9. The number of amides is 1. The Bertz CT molecular complexity index is 425. The highest BCUT2D eigenvalue weighted by atomic mass is 16.6. The number of nitrogens with zero attached hydrogens (tertiary/aromatic N) is 1. The summed E-state index contributed by atoms with van der Waals surface area (Å²) >= 11 is 0. The first-order valence-corrected chi connectivity index (χ1v) is 6.64. The average molecular weight is 263 g/mol. The van der Waals surface area contributed by atoms with Crippen LogP contribution >= 0.6 is 0 Å². The van der Waals surface area contributed by atoms with Gasteiger partial charge in [-0.1, -0.05) is 18.2 Å². The second kappa shape index (κ2) is 5.51. The van der Waals surface area contributed by atoms with Crippen molar-refractivity contribution >= 4 is 6.09 Å². The van der Waals surface area contributed by atoms with Crippen molar-refractivity contribution in [3.63, 3.8) is 0 Å². The van der Waals surface area contributed by atoms with Crippen LogP contribution in [-0.2, 0) is 4.74 Å². The second-order valence-corrected chi connectivity index (χ2v) is 5.77. The molecular formula is C15H21NO3. The van der Waals surface area contributed by atoms with E-state index in [1.165, 1.54) is 0 Å². The predicted octanol–water partition coefficient (Wildman–Crippen LogP) is 3.07. The summed E-state index contributed by atoms with van der Waals surface area (Å²) in [4.78, 5) is 13.6. The minimum absolute atomic E-state index is 0.0509. The molecule has 1 unspecified atom stereocenters. The number of carbonyl (C=O) groups excluding carboxylic acids is 1. The van der Waals surface area contributed by atoms with Gasteiger partial charge in [-0.3, -0.25) is 0 Å². The third kappa shape index (κ3) is 4.16. The summed E-state index contributed by atoms with van der Waals surface area (Å²) in [6.45, 7) is 6.90. The van der Waals surface area contributed by atoms with E-state index in [2.05, 4.69) is 0 Å². The van der Waals surface area contributed by atoms with E-state index in [1.54, 1.807) is 4.90 Å². The van der Waals surface area contributed by atoms with E-state index in [0.29, 0.717) is 13.1 Å². The summed E-state index contributed by atoms with van der Waals surface area (Å²) in [5.74, 6) is 0.846. The molecule has 0 saturated carbocycles. The van der Waals surface area contributed by atoms with Gasteiger partial charge < -0.3 is 14.4 Å². The number of rotatable bonds is 2. The van der Waals surface area contributed by atoms with Gasteiger partial charge in [-0.15, -0.1) is 0 Å². The molecule has 4 nitrogen and oxygen atoms in total. The van der Waals surface area contributed by atoms with Crippen molar-refractivity contribution in [2.75, 3.05) is 13.1 Å². The minimum Gasteiger partial charge on any atom is -0.489 e. The van der Waals surface area contributed by atoms with Gasteiger partial charge in [0.25, 0.3) is 0 Å². The minimum atomic E-state index is -0.449. The number of likely N-dealkylation sites (tertiary alicyclic amines) is 1. The average Bonchev–Trinajstić information content (AvgIpc) is 2.77. The molecule has 1 saturated heterocycles. The van der Waals surface area contributed by atoms with E-state index in [4.69, 9.17) is 9.47 Å². The number of benzene rings is 1. The molecule has 0 N–H and O–H groups in total. The third-order valence-electron chi connectivity index (χ3n) is 2.84. The van der Waals surface area contributed by atoms with Crippen molar-refractivity contribution in [1.82, 2.24) is 4.90 Å². The van der Waals surface area contributed by atoms with Gasteiger partial charge in [0.1, 0.15) is 17.5 Å². The summed E-state index contributed by atoms with van der Waals surface area (Å²) < 4.78 is 11.2. The van der Waals surface area contributed by atoms with Gasteiger partial charge in [-0.25, -0.2) is 4.79 Å². The van der Waals surface area contributed by atoms with Crippen molar-refractivity contribution in [1.29, 1.82) is 0 Å². The number of hydrogen-bond donors (Lipinski definition) is 0. The summed E-state index contributed by atoms with van der Waals surface area (Å²) in [7, 11) is 0. The van der Waals surface area contributed by atoms with Crippen LogP contribution in [0.5, 0.6) is 5.75 Å². The summed E-state index contributed by atoms with van der Waals surface area (Å²) in [6.07, 6.45) is 0.635. The maximum atomic E-state index is 11.9. The van der Waals surface area contributed by atoms with Crippen LogP contribution < -0.4 is 4.74 Å². The van der Waals surface area contributed by atoms with Crippen LogP contribution in [0.15, 0.2) is 30.3 Å². The molecule has 2 rings (SSSR count). The van der Waals surface area contributed by atoms with Gasteiger partial charge in [-0.05, 0) is 32.9 Å². The lowest BCUT2D eigenvalue weighted by Gasteiger charge is -2.24. The van der Waals surface area contributed by atoms with Crippen LogP contribution in [0.2, 0.25) is 0 Å². The molecule has 104 valence electrons. The van der Waals surface area contributed by atoms with Gasteiger partial charge in [0, 0.05) is 13.0 Å². The second-order valence-electron chi connectivity index (χ2n) is 5.77. The van der Waals surface area contributed by atoms with E-state index in [1.807, 2.05) is 51.1 Å². The van der Waals surface area contributed by atoms with Crippen LogP contribution in [0.25, 0.3) is 0 Å². The standard InChI is InChI=1S/C15H21NO3/c1-15(2,3)19-14(17)16-10-9-13(11-16)18-12-7-5-4-6-8-12/h4-8,13H,9-11H2,1-3H3. The van der Waals surface area contributed by atoms with Gasteiger partial charge >= 0.3 is 6.09 Å². The SMILES string of the molecule is CC(C)(C)OC(=O)N1CCC(Oc2ccccc2)C1. The van der Waals surface area contributed by atoms with E-state index < -0.39 is 5.60 Å². The van der Waals surface area contributed by atoms with E-state index in [0.717, 1.165) is 12.2 Å². The molecule has 1 atom stereocenters. The van der Waals surface area contributed by atoms with E-state index in [-0.39, 0.29) is 12.2 Å². The number of carbonyl (C=O) groups is 1. The molecule has 1 heterocycles. The molecule has 1 aliphatic rings. The normalized spacial score (nSPS) is 19.3. The lowest BCUT2D eigenvalue weighted by Crippen LogP contribution is -2.36. The monoisotopic (exact) mass is 263 g/mol. The topological polar surface area (TPSA) is 38.8 Å². The van der Waals surface area contributed by atoms with Gasteiger partial charge in [0.2, 0.25) is 0 Å². The summed E-state index contributed by atoms with van der Waals surface area (Å²) in [6, 6.07) is 9.69. The van der Waals surface area contributed by atoms with Crippen LogP contribution in [-0.4, -0.2) is 35.8 Å². The maximum Gasteiger partial charge on any atom is 0.410 e. The molecule has 1 aliphatic heterocycles. The van der Waals surface area contributed by atoms with E-state index >= 15 is 0 Å². The highest BCUT2D eigenvalue weighted by Gasteiger charge is 2.30. The quantitative estimate of drug-likeness (QED) is 0.823. The first-order chi connectivity index (χ1) is 8.94.